The molecule has 19 heavy (non-hydrogen) atoms. The Morgan fingerprint density at radius 1 is 1.00 bits per heavy atom. The number of aryl methyl sites for hydroxylation is 1. The number of unbranched alkanes of at least 4 members (excludes halogenated alkanes) is 1. The van der Waals surface area contributed by atoms with Gasteiger partial charge >= 0.3 is 0 Å². The SMILES string of the molecule is CCCCc1ccc(-c2ccc(CN)c(Cl)c2)cc1. The van der Waals surface area contributed by atoms with Crippen LogP contribution in [-0.2, 0) is 13.0 Å². The van der Waals surface area contributed by atoms with Crippen molar-refractivity contribution in [3.63, 3.8) is 0 Å². The summed E-state index contributed by atoms with van der Waals surface area (Å²) in [5, 5.41) is 0.745. The van der Waals surface area contributed by atoms with Crippen molar-refractivity contribution in [2.24, 2.45) is 5.73 Å². The molecule has 0 spiro atoms. The fourth-order valence-electron chi connectivity index (χ4n) is 2.14. The second-order valence-electron chi connectivity index (χ2n) is 4.81. The standard InChI is InChI=1S/C17H20ClN/c1-2-3-4-13-5-7-14(8-6-13)15-9-10-16(12-19)17(18)11-15/h5-11H,2-4,12,19H2,1H3. The first-order valence-corrected chi connectivity index (χ1v) is 7.20. The van der Waals surface area contributed by atoms with E-state index in [1.165, 1.54) is 24.0 Å². The van der Waals surface area contributed by atoms with E-state index in [2.05, 4.69) is 37.3 Å². The average molecular weight is 274 g/mol. The summed E-state index contributed by atoms with van der Waals surface area (Å²) in [5.41, 5.74) is 10.4. The van der Waals surface area contributed by atoms with Crippen molar-refractivity contribution in [3.8, 4) is 11.1 Å². The van der Waals surface area contributed by atoms with Crippen molar-refractivity contribution in [1.29, 1.82) is 0 Å². The van der Waals surface area contributed by atoms with E-state index in [1.807, 2.05) is 12.1 Å². The quantitative estimate of drug-likeness (QED) is 0.831. The van der Waals surface area contributed by atoms with Crippen LogP contribution in [0, 0.1) is 0 Å². The summed E-state index contributed by atoms with van der Waals surface area (Å²) < 4.78 is 0. The lowest BCUT2D eigenvalue weighted by molar-refractivity contribution is 0.795. The molecule has 0 bridgehead atoms. The summed E-state index contributed by atoms with van der Waals surface area (Å²) in [6.45, 7) is 2.70. The van der Waals surface area contributed by atoms with Crippen molar-refractivity contribution in [2.75, 3.05) is 0 Å². The van der Waals surface area contributed by atoms with E-state index in [1.54, 1.807) is 0 Å². The van der Waals surface area contributed by atoms with Crippen LogP contribution in [0.25, 0.3) is 11.1 Å². The van der Waals surface area contributed by atoms with Crippen LogP contribution in [0.1, 0.15) is 30.9 Å². The summed E-state index contributed by atoms with van der Waals surface area (Å²) >= 11 is 6.20. The van der Waals surface area contributed by atoms with Crippen LogP contribution in [0.15, 0.2) is 42.5 Å². The van der Waals surface area contributed by atoms with Crippen molar-refractivity contribution >= 4 is 11.6 Å². The van der Waals surface area contributed by atoms with E-state index in [9.17, 15) is 0 Å². The van der Waals surface area contributed by atoms with E-state index in [4.69, 9.17) is 17.3 Å². The van der Waals surface area contributed by atoms with Gasteiger partial charge in [-0.2, -0.15) is 0 Å². The minimum atomic E-state index is 0.481. The van der Waals surface area contributed by atoms with Crippen molar-refractivity contribution in [3.05, 3.63) is 58.6 Å². The molecule has 2 heteroatoms. The predicted octanol–water partition coefficient (Wildman–Crippen LogP) is 4.81. The molecule has 0 amide bonds. The summed E-state index contributed by atoms with van der Waals surface area (Å²) in [6, 6.07) is 14.8. The Kier molecular flexibility index (Phi) is 5.00. The highest BCUT2D eigenvalue weighted by Crippen LogP contribution is 2.26. The molecule has 1 nitrogen and oxygen atoms in total. The largest absolute Gasteiger partial charge is 0.326 e. The number of halogens is 1. The first kappa shape index (κ1) is 14.1. The monoisotopic (exact) mass is 273 g/mol. The van der Waals surface area contributed by atoms with Gasteiger partial charge in [0, 0.05) is 11.6 Å². The molecule has 0 aliphatic carbocycles. The van der Waals surface area contributed by atoms with E-state index < -0.39 is 0 Å². The third-order valence-corrected chi connectivity index (χ3v) is 3.73. The van der Waals surface area contributed by atoms with E-state index in [-0.39, 0.29) is 0 Å². The number of rotatable bonds is 5. The smallest absolute Gasteiger partial charge is 0.0457 e. The van der Waals surface area contributed by atoms with Gasteiger partial charge in [-0.05, 0) is 41.2 Å². The van der Waals surface area contributed by atoms with Crippen LogP contribution < -0.4 is 5.73 Å². The Morgan fingerprint density at radius 3 is 2.26 bits per heavy atom. The second kappa shape index (κ2) is 6.74. The van der Waals surface area contributed by atoms with Gasteiger partial charge in [-0.1, -0.05) is 61.3 Å². The highest BCUT2D eigenvalue weighted by molar-refractivity contribution is 6.31. The maximum atomic E-state index is 6.20. The molecular weight excluding hydrogens is 254 g/mol. The van der Waals surface area contributed by atoms with Crippen LogP contribution in [0.2, 0.25) is 5.02 Å². The van der Waals surface area contributed by atoms with Gasteiger partial charge < -0.3 is 5.73 Å². The summed E-state index contributed by atoms with van der Waals surface area (Å²) in [7, 11) is 0. The summed E-state index contributed by atoms with van der Waals surface area (Å²) in [4.78, 5) is 0. The maximum Gasteiger partial charge on any atom is 0.0457 e. The third-order valence-electron chi connectivity index (χ3n) is 3.38. The average Bonchev–Trinajstić information content (AvgIpc) is 2.45. The zero-order chi connectivity index (χ0) is 13.7. The number of nitrogens with two attached hydrogens (primary N) is 1. The molecule has 2 aromatic carbocycles. The van der Waals surface area contributed by atoms with Gasteiger partial charge in [0.15, 0.2) is 0 Å². The van der Waals surface area contributed by atoms with Gasteiger partial charge in [0.2, 0.25) is 0 Å². The number of hydrogen-bond donors (Lipinski definition) is 1. The van der Waals surface area contributed by atoms with Crippen molar-refractivity contribution < 1.29 is 0 Å². The van der Waals surface area contributed by atoms with Gasteiger partial charge in [-0.25, -0.2) is 0 Å². The van der Waals surface area contributed by atoms with Crippen LogP contribution in [-0.4, -0.2) is 0 Å². The molecule has 0 unspecified atom stereocenters. The zero-order valence-corrected chi connectivity index (χ0v) is 12.1. The van der Waals surface area contributed by atoms with Crippen LogP contribution in [0.3, 0.4) is 0 Å². The molecule has 2 rings (SSSR count). The summed E-state index contributed by atoms with van der Waals surface area (Å²) in [6.07, 6.45) is 3.64. The van der Waals surface area contributed by atoms with Crippen LogP contribution in [0.5, 0.6) is 0 Å². The lowest BCUT2D eigenvalue weighted by Crippen LogP contribution is -1.96. The molecule has 100 valence electrons. The molecule has 0 fully saturated rings. The molecule has 2 N–H and O–H groups in total. The van der Waals surface area contributed by atoms with Crippen LogP contribution in [0.4, 0.5) is 0 Å². The third kappa shape index (κ3) is 3.59. The van der Waals surface area contributed by atoms with E-state index in [0.29, 0.717) is 6.54 Å². The molecule has 0 saturated heterocycles. The lowest BCUT2D eigenvalue weighted by Gasteiger charge is -2.07. The second-order valence-corrected chi connectivity index (χ2v) is 5.22. The maximum absolute atomic E-state index is 6.20. The van der Waals surface area contributed by atoms with Crippen molar-refractivity contribution in [2.45, 2.75) is 32.7 Å². The normalized spacial score (nSPS) is 10.7. The zero-order valence-electron chi connectivity index (χ0n) is 11.3. The predicted molar refractivity (Wildman–Crippen MR) is 83.4 cm³/mol. The Morgan fingerprint density at radius 2 is 1.68 bits per heavy atom. The molecule has 2 aromatic rings. The lowest BCUT2D eigenvalue weighted by atomic mass is 10.0. The molecule has 0 aromatic heterocycles. The number of benzene rings is 2. The molecule has 0 aliphatic heterocycles. The minimum Gasteiger partial charge on any atom is -0.326 e. The Balaban J connectivity index is 2.19. The van der Waals surface area contributed by atoms with Crippen molar-refractivity contribution in [1.82, 2.24) is 0 Å². The molecule has 0 heterocycles. The van der Waals surface area contributed by atoms with E-state index >= 15 is 0 Å². The first-order chi connectivity index (χ1) is 9.24. The van der Waals surface area contributed by atoms with Gasteiger partial charge in [-0.15, -0.1) is 0 Å². The summed E-state index contributed by atoms with van der Waals surface area (Å²) in [5.74, 6) is 0. The van der Waals surface area contributed by atoms with Crippen LogP contribution >= 0.6 is 11.6 Å². The Hall–Kier alpha value is -1.31. The molecule has 0 radical (unpaired) electrons. The van der Waals surface area contributed by atoms with Gasteiger partial charge in [0.1, 0.15) is 0 Å². The molecule has 0 atom stereocenters. The minimum absolute atomic E-state index is 0.481. The Bertz CT molecular complexity index is 531. The first-order valence-electron chi connectivity index (χ1n) is 6.82. The Labute approximate surface area is 120 Å². The molecular formula is C17H20ClN. The highest BCUT2D eigenvalue weighted by Gasteiger charge is 2.03. The van der Waals surface area contributed by atoms with E-state index in [0.717, 1.165) is 22.6 Å². The van der Waals surface area contributed by atoms with Gasteiger partial charge in [0.05, 0.1) is 0 Å². The topological polar surface area (TPSA) is 26.0 Å². The number of hydrogen-bond acceptors (Lipinski definition) is 1. The fraction of sp³-hybridized carbons (Fsp3) is 0.294. The molecule has 0 aliphatic rings. The molecule has 0 saturated carbocycles. The van der Waals surface area contributed by atoms with Gasteiger partial charge in [-0.3, -0.25) is 0 Å². The van der Waals surface area contributed by atoms with Gasteiger partial charge in [0.25, 0.3) is 0 Å². The fourth-order valence-corrected chi connectivity index (χ4v) is 2.39. The highest BCUT2D eigenvalue weighted by atomic mass is 35.5.